The molecule has 0 bridgehead atoms. The van der Waals surface area contributed by atoms with E-state index < -0.39 is 0 Å². The molecule has 1 atom stereocenters. The van der Waals surface area contributed by atoms with E-state index in [2.05, 4.69) is 50.3 Å². The molecule has 1 unspecified atom stereocenters. The van der Waals surface area contributed by atoms with Crippen molar-refractivity contribution in [3.05, 3.63) is 34.0 Å². The van der Waals surface area contributed by atoms with Gasteiger partial charge < -0.3 is 15.2 Å². The molecule has 0 aliphatic carbocycles. The van der Waals surface area contributed by atoms with E-state index in [1.165, 1.54) is 4.88 Å². The maximum absolute atomic E-state index is 4.25. The minimum absolute atomic E-state index is 0. The normalized spacial score (nSPS) is 12.6. The molecule has 128 valence electrons. The van der Waals surface area contributed by atoms with Gasteiger partial charge in [-0.05, 0) is 30.7 Å². The number of aryl methyl sites for hydroxylation is 1. The molecule has 0 amide bonds. The van der Waals surface area contributed by atoms with Crippen molar-refractivity contribution in [2.75, 3.05) is 13.6 Å². The Morgan fingerprint density at radius 3 is 2.74 bits per heavy atom. The smallest absolute Gasteiger partial charge is 0.191 e. The van der Waals surface area contributed by atoms with Crippen LogP contribution in [0.4, 0.5) is 0 Å². The summed E-state index contributed by atoms with van der Waals surface area (Å²) in [5, 5.41) is 16.9. The van der Waals surface area contributed by atoms with Crippen LogP contribution in [0.1, 0.15) is 23.4 Å². The number of hydrogen-bond acceptors (Lipinski definition) is 4. The molecule has 0 spiro atoms. The summed E-state index contributed by atoms with van der Waals surface area (Å²) in [7, 11) is 3.74. The van der Waals surface area contributed by atoms with Gasteiger partial charge in [-0.25, -0.2) is 0 Å². The molecule has 6 nitrogen and oxygen atoms in total. The second-order valence-corrected chi connectivity index (χ2v) is 6.45. The summed E-state index contributed by atoms with van der Waals surface area (Å²) in [5.41, 5.74) is 0. The summed E-state index contributed by atoms with van der Waals surface area (Å²) in [6, 6.07) is 4.29. The van der Waals surface area contributed by atoms with E-state index in [1.807, 2.05) is 29.9 Å². The zero-order valence-corrected chi connectivity index (χ0v) is 17.2. The highest BCUT2D eigenvalue weighted by atomic mass is 127. The van der Waals surface area contributed by atoms with Gasteiger partial charge in [-0.1, -0.05) is 13.0 Å². The van der Waals surface area contributed by atoms with Crippen LogP contribution in [0, 0.1) is 12.8 Å². The number of aromatic nitrogens is 3. The molecule has 2 N–H and O–H groups in total. The number of rotatable bonds is 6. The topological polar surface area (TPSA) is 67.1 Å². The van der Waals surface area contributed by atoms with Gasteiger partial charge >= 0.3 is 0 Å². The lowest BCUT2D eigenvalue weighted by molar-refractivity contribution is 0.560. The van der Waals surface area contributed by atoms with Crippen LogP contribution in [0.2, 0.25) is 0 Å². The van der Waals surface area contributed by atoms with Crippen molar-refractivity contribution in [1.29, 1.82) is 0 Å². The van der Waals surface area contributed by atoms with Gasteiger partial charge in [0.05, 0.1) is 6.54 Å². The van der Waals surface area contributed by atoms with E-state index in [-0.39, 0.29) is 24.0 Å². The molecule has 0 aliphatic heterocycles. The van der Waals surface area contributed by atoms with Crippen molar-refractivity contribution in [3.63, 3.8) is 0 Å². The van der Waals surface area contributed by atoms with Gasteiger partial charge in [0.25, 0.3) is 0 Å². The molecule has 0 aliphatic rings. The second-order valence-electron chi connectivity index (χ2n) is 5.42. The Labute approximate surface area is 158 Å². The van der Waals surface area contributed by atoms with E-state index in [0.29, 0.717) is 12.5 Å². The quantitative estimate of drug-likeness (QED) is 0.405. The summed E-state index contributed by atoms with van der Waals surface area (Å²) >= 11 is 1.81. The molecule has 0 aromatic carbocycles. The van der Waals surface area contributed by atoms with Crippen molar-refractivity contribution in [1.82, 2.24) is 25.4 Å². The fourth-order valence-corrected chi connectivity index (χ4v) is 2.97. The highest BCUT2D eigenvalue weighted by molar-refractivity contribution is 14.0. The summed E-state index contributed by atoms with van der Waals surface area (Å²) in [6.07, 6.45) is 1.09. The van der Waals surface area contributed by atoms with Crippen LogP contribution in [-0.4, -0.2) is 34.3 Å². The monoisotopic (exact) mass is 448 g/mol. The first kappa shape index (κ1) is 19.9. The number of aliphatic imine (C=N–C) groups is 1. The Hall–Kier alpha value is -1.16. The average Bonchev–Trinajstić information content (AvgIpc) is 3.12. The minimum atomic E-state index is 0. The third kappa shape index (κ3) is 6.09. The number of thiophene rings is 1. The summed E-state index contributed by atoms with van der Waals surface area (Å²) in [4.78, 5) is 5.67. The van der Waals surface area contributed by atoms with Crippen molar-refractivity contribution in [3.8, 4) is 0 Å². The van der Waals surface area contributed by atoms with E-state index in [4.69, 9.17) is 0 Å². The lowest BCUT2D eigenvalue weighted by Crippen LogP contribution is -2.39. The molecule has 0 saturated heterocycles. The summed E-state index contributed by atoms with van der Waals surface area (Å²) < 4.78 is 1.97. The maximum Gasteiger partial charge on any atom is 0.191 e. The average molecular weight is 448 g/mol. The molecule has 0 saturated carbocycles. The van der Waals surface area contributed by atoms with Crippen molar-refractivity contribution >= 4 is 41.3 Å². The highest BCUT2D eigenvalue weighted by Crippen LogP contribution is 2.13. The molecule has 2 rings (SSSR count). The van der Waals surface area contributed by atoms with Crippen LogP contribution >= 0.6 is 35.3 Å². The highest BCUT2D eigenvalue weighted by Gasteiger charge is 2.08. The third-order valence-electron chi connectivity index (χ3n) is 3.57. The molecule has 8 heteroatoms. The first-order valence-electron chi connectivity index (χ1n) is 7.42. The third-order valence-corrected chi connectivity index (χ3v) is 4.47. The molecule has 2 heterocycles. The van der Waals surface area contributed by atoms with E-state index in [1.54, 1.807) is 7.05 Å². The maximum atomic E-state index is 4.25. The van der Waals surface area contributed by atoms with Crippen LogP contribution in [0.15, 0.2) is 22.5 Å². The zero-order valence-electron chi connectivity index (χ0n) is 14.0. The number of hydrogen-bond donors (Lipinski definition) is 2. The Kier molecular flexibility index (Phi) is 8.53. The van der Waals surface area contributed by atoms with Crippen molar-refractivity contribution in [2.45, 2.75) is 26.8 Å². The van der Waals surface area contributed by atoms with Gasteiger partial charge in [0, 0.05) is 25.5 Å². The van der Waals surface area contributed by atoms with Crippen molar-refractivity contribution in [2.24, 2.45) is 18.0 Å². The Bertz CT molecular complexity index is 608. The number of nitrogens with zero attached hydrogens (tertiary/aromatic N) is 4. The molecule has 23 heavy (non-hydrogen) atoms. The standard InChI is InChI=1S/C15H24N6S.HI/c1-11(8-13-6-5-7-22-13)9-17-15(16-3)18-10-14-20-19-12(2)21(14)4;/h5-7,11H,8-10H2,1-4H3,(H2,16,17,18);1H. The Balaban J connectivity index is 0.00000264. The predicted octanol–water partition coefficient (Wildman–Crippen LogP) is 2.35. The van der Waals surface area contributed by atoms with Crippen LogP contribution in [0.25, 0.3) is 0 Å². The summed E-state index contributed by atoms with van der Waals surface area (Å²) in [6.45, 7) is 5.67. The molecular formula is C15H25IN6S. The predicted molar refractivity (Wildman–Crippen MR) is 107 cm³/mol. The second kappa shape index (κ2) is 9.86. The van der Waals surface area contributed by atoms with Crippen LogP contribution in [0.5, 0.6) is 0 Å². The molecular weight excluding hydrogens is 423 g/mol. The van der Waals surface area contributed by atoms with Crippen LogP contribution in [-0.2, 0) is 20.0 Å². The lowest BCUT2D eigenvalue weighted by Gasteiger charge is -2.15. The van der Waals surface area contributed by atoms with Crippen LogP contribution < -0.4 is 10.6 Å². The zero-order chi connectivity index (χ0) is 15.9. The van der Waals surface area contributed by atoms with E-state index in [9.17, 15) is 0 Å². The van der Waals surface area contributed by atoms with Crippen LogP contribution in [0.3, 0.4) is 0 Å². The van der Waals surface area contributed by atoms with Gasteiger partial charge in [-0.2, -0.15) is 0 Å². The molecule has 0 radical (unpaired) electrons. The van der Waals surface area contributed by atoms with Gasteiger partial charge in [-0.3, -0.25) is 4.99 Å². The SMILES string of the molecule is CN=C(NCc1nnc(C)n1C)NCC(C)Cc1cccs1.I. The fourth-order valence-electron chi connectivity index (χ4n) is 2.10. The van der Waals surface area contributed by atoms with Crippen molar-refractivity contribution < 1.29 is 0 Å². The number of guanidine groups is 1. The molecule has 2 aromatic heterocycles. The molecule has 2 aromatic rings. The minimum Gasteiger partial charge on any atom is -0.356 e. The Morgan fingerprint density at radius 2 is 2.17 bits per heavy atom. The van der Waals surface area contributed by atoms with Gasteiger partial charge in [0.15, 0.2) is 11.8 Å². The number of halogens is 1. The number of nitrogens with one attached hydrogen (secondary N) is 2. The van der Waals surface area contributed by atoms with E-state index >= 15 is 0 Å². The van der Waals surface area contributed by atoms with Gasteiger partial charge in [-0.15, -0.1) is 45.5 Å². The molecule has 0 fully saturated rings. The van der Waals surface area contributed by atoms with Gasteiger partial charge in [0.2, 0.25) is 0 Å². The first-order chi connectivity index (χ1) is 10.6. The largest absolute Gasteiger partial charge is 0.356 e. The van der Waals surface area contributed by atoms with Gasteiger partial charge in [0.1, 0.15) is 5.82 Å². The summed E-state index contributed by atoms with van der Waals surface area (Å²) in [5.74, 6) is 3.14. The lowest BCUT2D eigenvalue weighted by atomic mass is 10.1. The fraction of sp³-hybridized carbons (Fsp3) is 0.533. The Morgan fingerprint density at radius 1 is 1.39 bits per heavy atom. The first-order valence-corrected chi connectivity index (χ1v) is 8.30. The van der Waals surface area contributed by atoms with E-state index in [0.717, 1.165) is 30.6 Å².